The molecular weight excluding hydrogens is 544 g/mol. The summed E-state index contributed by atoms with van der Waals surface area (Å²) in [5, 5.41) is 20.0. The fourth-order valence-electron chi connectivity index (χ4n) is 5.44. The molecule has 0 saturated carbocycles. The maximum absolute atomic E-state index is 12.2. The van der Waals surface area contributed by atoms with Gasteiger partial charge < -0.3 is 10.2 Å². The average Bonchev–Trinajstić information content (AvgIpc) is 2.92. The van der Waals surface area contributed by atoms with Gasteiger partial charge in [0.15, 0.2) is 11.6 Å². The summed E-state index contributed by atoms with van der Waals surface area (Å²) in [6.45, 7) is 19.7. The van der Waals surface area contributed by atoms with E-state index in [9.17, 15) is 19.8 Å². The summed E-state index contributed by atoms with van der Waals surface area (Å²) in [5.74, 6) is 5.93. The minimum Gasteiger partial charge on any atom is -0.385 e. The standard InChI is InChI=1S/C40H50O4/c1-27(17-13-19-29(3)21-23-33-31(5)37(43)35(41)25-39(33,7)8)15-11-12-16-28(2)18-14-20-30(4)22-24-34-32(6)38(44)36(42)26-40(34,9)10/h11-21,23,35-36,41-42H,25-26H2,1-10H3/b12-11+,17-13+,18-14+,23-21+,27-15+,28-16+,29-19+,30-20+/t35-,36-/m0/s1. The molecule has 4 nitrogen and oxygen atoms in total. The summed E-state index contributed by atoms with van der Waals surface area (Å²) in [4.78, 5) is 24.4. The molecule has 2 aliphatic rings. The van der Waals surface area contributed by atoms with Crippen LogP contribution in [0.4, 0.5) is 0 Å². The first-order valence-corrected chi connectivity index (χ1v) is 15.3. The lowest BCUT2D eigenvalue weighted by atomic mass is 9.71. The number of carbonyl (C=O) groups is 2. The van der Waals surface area contributed by atoms with Gasteiger partial charge in [-0.05, 0) is 76.5 Å². The Kier molecular flexibility index (Phi) is 13.1. The molecule has 0 amide bonds. The number of aliphatic hydroxyl groups excluding tert-OH is 2. The van der Waals surface area contributed by atoms with E-state index in [0.29, 0.717) is 24.0 Å². The first-order chi connectivity index (χ1) is 20.5. The quantitative estimate of drug-likeness (QED) is 0.219. The van der Waals surface area contributed by atoms with Gasteiger partial charge in [-0.2, -0.15) is 0 Å². The normalized spacial score (nSPS) is 24.0. The van der Waals surface area contributed by atoms with Gasteiger partial charge in [-0.3, -0.25) is 9.59 Å². The number of ketones is 2. The zero-order valence-corrected chi connectivity index (χ0v) is 28.2. The Morgan fingerprint density at radius 1 is 0.682 bits per heavy atom. The van der Waals surface area contributed by atoms with Crippen molar-refractivity contribution in [1.82, 2.24) is 0 Å². The van der Waals surface area contributed by atoms with Crippen LogP contribution < -0.4 is 0 Å². The van der Waals surface area contributed by atoms with Crippen LogP contribution in [0.25, 0.3) is 0 Å². The van der Waals surface area contributed by atoms with Crippen molar-refractivity contribution in [2.24, 2.45) is 10.8 Å². The van der Waals surface area contributed by atoms with Crippen LogP contribution >= 0.6 is 0 Å². The highest BCUT2D eigenvalue weighted by atomic mass is 16.3. The highest BCUT2D eigenvalue weighted by molar-refractivity contribution is 6.01. The van der Waals surface area contributed by atoms with Crippen molar-refractivity contribution in [2.75, 3.05) is 0 Å². The van der Waals surface area contributed by atoms with Gasteiger partial charge in [-0.15, -0.1) is 0 Å². The molecule has 4 heteroatoms. The molecular formula is C40H50O4. The molecule has 44 heavy (non-hydrogen) atoms. The average molecular weight is 595 g/mol. The van der Waals surface area contributed by atoms with Crippen LogP contribution in [0, 0.1) is 22.7 Å². The van der Waals surface area contributed by atoms with Gasteiger partial charge in [-0.25, -0.2) is 0 Å². The number of aliphatic hydroxyl groups is 2. The Bertz CT molecular complexity index is 1510. The van der Waals surface area contributed by atoms with Crippen LogP contribution in [0.5, 0.6) is 0 Å². The number of allylic oxidation sites excluding steroid dienone is 18. The number of rotatable bonds is 8. The second-order valence-corrected chi connectivity index (χ2v) is 13.2. The van der Waals surface area contributed by atoms with E-state index in [4.69, 9.17) is 0 Å². The fourth-order valence-corrected chi connectivity index (χ4v) is 5.44. The summed E-state index contributed by atoms with van der Waals surface area (Å²) < 4.78 is 0. The summed E-state index contributed by atoms with van der Waals surface area (Å²) >= 11 is 0. The maximum Gasteiger partial charge on any atom is 0.187 e. The van der Waals surface area contributed by atoms with Crippen molar-refractivity contribution in [2.45, 2.75) is 94.3 Å². The molecule has 2 N–H and O–H groups in total. The second-order valence-electron chi connectivity index (χ2n) is 13.2. The van der Waals surface area contributed by atoms with Crippen LogP contribution in [0.3, 0.4) is 0 Å². The van der Waals surface area contributed by atoms with Gasteiger partial charge in [0.25, 0.3) is 0 Å². The topological polar surface area (TPSA) is 74.6 Å². The van der Waals surface area contributed by atoms with Crippen molar-refractivity contribution in [3.63, 3.8) is 0 Å². The molecule has 0 aromatic carbocycles. The lowest BCUT2D eigenvalue weighted by molar-refractivity contribution is -0.126. The van der Waals surface area contributed by atoms with Crippen LogP contribution in [-0.4, -0.2) is 34.0 Å². The summed E-state index contributed by atoms with van der Waals surface area (Å²) in [6, 6.07) is 0. The molecule has 0 bridgehead atoms. The zero-order valence-electron chi connectivity index (χ0n) is 28.2. The lowest BCUT2D eigenvalue weighted by Crippen LogP contribution is -2.35. The highest BCUT2D eigenvalue weighted by Gasteiger charge is 2.38. The SMILES string of the molecule is CC1=C(C#C/C(C)=C/C=C/C(C)=C/C=C/C=C(C)/C=C/C=C(C)/C=C/C2=C(C)C(=O)[C@@H](O)CC2(C)C)C(C)(C)C[C@H](O)C1=O. The number of hydrogen-bond acceptors (Lipinski definition) is 4. The van der Waals surface area contributed by atoms with Gasteiger partial charge in [0, 0.05) is 16.6 Å². The molecule has 234 valence electrons. The van der Waals surface area contributed by atoms with Crippen molar-refractivity contribution in [3.8, 4) is 11.8 Å². The third-order valence-corrected chi connectivity index (χ3v) is 8.09. The molecule has 0 aromatic rings. The number of Topliss-reactive ketones (excluding diaryl/α,β-unsaturated/α-hetero) is 2. The van der Waals surface area contributed by atoms with Crippen molar-refractivity contribution < 1.29 is 19.8 Å². The summed E-state index contributed by atoms with van der Waals surface area (Å²) in [7, 11) is 0. The molecule has 0 radical (unpaired) electrons. The Hall–Kier alpha value is -3.78. The van der Waals surface area contributed by atoms with Crippen molar-refractivity contribution >= 4 is 11.6 Å². The summed E-state index contributed by atoms with van der Waals surface area (Å²) in [6.07, 6.45) is 23.1. The molecule has 0 saturated heterocycles. The predicted molar refractivity (Wildman–Crippen MR) is 184 cm³/mol. The molecule has 0 heterocycles. The summed E-state index contributed by atoms with van der Waals surface area (Å²) in [5.41, 5.74) is 6.58. The highest BCUT2D eigenvalue weighted by Crippen LogP contribution is 2.40. The van der Waals surface area contributed by atoms with E-state index in [-0.39, 0.29) is 22.4 Å². The first kappa shape index (κ1) is 36.4. The monoisotopic (exact) mass is 594 g/mol. The third kappa shape index (κ3) is 10.4. The third-order valence-electron chi connectivity index (χ3n) is 8.09. The van der Waals surface area contributed by atoms with Crippen molar-refractivity contribution in [1.29, 1.82) is 0 Å². The Labute approximate surface area is 265 Å². The zero-order chi connectivity index (χ0) is 33.2. The van der Waals surface area contributed by atoms with Gasteiger partial charge in [0.05, 0.1) is 0 Å². The maximum atomic E-state index is 12.2. The largest absolute Gasteiger partial charge is 0.385 e. The van der Waals surface area contributed by atoms with E-state index in [0.717, 1.165) is 33.4 Å². The van der Waals surface area contributed by atoms with E-state index in [2.05, 4.69) is 25.7 Å². The Balaban J connectivity index is 1.97. The molecule has 2 rings (SSSR count). The molecule has 0 aliphatic heterocycles. The molecule has 2 atom stereocenters. The smallest absolute Gasteiger partial charge is 0.187 e. The Morgan fingerprint density at radius 2 is 1.14 bits per heavy atom. The number of hydrogen-bond donors (Lipinski definition) is 2. The van der Waals surface area contributed by atoms with Gasteiger partial charge >= 0.3 is 0 Å². The van der Waals surface area contributed by atoms with Crippen molar-refractivity contribution in [3.05, 3.63) is 117 Å². The fraction of sp³-hybridized carbons (Fsp3) is 0.400. The van der Waals surface area contributed by atoms with Crippen LogP contribution in [-0.2, 0) is 9.59 Å². The van der Waals surface area contributed by atoms with E-state index >= 15 is 0 Å². The molecule has 0 aromatic heterocycles. The van der Waals surface area contributed by atoms with Crippen LogP contribution in [0.1, 0.15) is 82.1 Å². The molecule has 0 spiro atoms. The molecule has 0 unspecified atom stereocenters. The van der Waals surface area contributed by atoms with Gasteiger partial charge in [0.1, 0.15) is 12.2 Å². The first-order valence-electron chi connectivity index (χ1n) is 15.3. The second kappa shape index (κ2) is 15.8. The van der Waals surface area contributed by atoms with Crippen LogP contribution in [0.2, 0.25) is 0 Å². The van der Waals surface area contributed by atoms with Crippen LogP contribution in [0.15, 0.2) is 117 Å². The van der Waals surface area contributed by atoms with E-state index < -0.39 is 12.2 Å². The van der Waals surface area contributed by atoms with Gasteiger partial charge in [-0.1, -0.05) is 129 Å². The molecule has 2 aliphatic carbocycles. The Morgan fingerprint density at radius 3 is 1.70 bits per heavy atom. The lowest BCUT2D eigenvalue weighted by Gasteiger charge is -2.34. The molecule has 0 fully saturated rings. The van der Waals surface area contributed by atoms with E-state index in [1.807, 2.05) is 114 Å². The predicted octanol–water partition coefficient (Wildman–Crippen LogP) is 8.35. The minimum atomic E-state index is -0.940. The number of carbonyl (C=O) groups excluding carboxylic acids is 2. The van der Waals surface area contributed by atoms with Gasteiger partial charge in [0.2, 0.25) is 0 Å². The minimum absolute atomic E-state index is 0.177. The van der Waals surface area contributed by atoms with E-state index in [1.165, 1.54) is 0 Å². The van der Waals surface area contributed by atoms with E-state index in [1.54, 1.807) is 13.8 Å².